The van der Waals surface area contributed by atoms with Crippen molar-refractivity contribution in [3.63, 3.8) is 0 Å². The Morgan fingerprint density at radius 1 is 0.762 bits per heavy atom. The van der Waals surface area contributed by atoms with Gasteiger partial charge in [-0.15, -0.1) is 0 Å². The van der Waals surface area contributed by atoms with Crippen LogP contribution in [0, 0.1) is 39.5 Å². The van der Waals surface area contributed by atoms with Crippen LogP contribution in [0.2, 0.25) is 18.1 Å². The van der Waals surface area contributed by atoms with E-state index in [1.807, 2.05) is 0 Å². The molecule has 0 bridgehead atoms. The van der Waals surface area contributed by atoms with Crippen LogP contribution in [0.3, 0.4) is 0 Å². The van der Waals surface area contributed by atoms with E-state index in [9.17, 15) is 0 Å². The van der Waals surface area contributed by atoms with Gasteiger partial charge >= 0.3 is 56.5 Å². The van der Waals surface area contributed by atoms with Crippen LogP contribution in [0.4, 0.5) is 0 Å². The van der Waals surface area contributed by atoms with Gasteiger partial charge in [0.25, 0.3) is 0 Å². The Labute approximate surface area is 138 Å². The molecule has 0 atom stereocenters. The maximum Gasteiger partial charge on any atom is 0 e. The van der Waals surface area contributed by atoms with Crippen LogP contribution in [-0.2, 0) is 44.8 Å². The molecule has 0 aromatic carbocycles. The summed E-state index contributed by atoms with van der Waals surface area (Å²) in [7, 11) is -1.39. The number of hydrogen-bond acceptors (Lipinski definition) is 1. The minimum Gasteiger partial charge on any atom is 0 e. The van der Waals surface area contributed by atoms with Gasteiger partial charge in [-0.2, -0.15) is 0 Å². The van der Waals surface area contributed by atoms with E-state index in [4.69, 9.17) is 27.7 Å². The van der Waals surface area contributed by atoms with Crippen molar-refractivity contribution in [1.82, 2.24) is 0 Å². The quantitative estimate of drug-likeness (QED) is 0.322. The molecule has 8 heteroatoms. The van der Waals surface area contributed by atoms with Crippen molar-refractivity contribution in [2.75, 3.05) is 0 Å². The Morgan fingerprint density at radius 2 is 0.952 bits per heavy atom. The number of hydrogen-bond donors (Lipinski definition) is 0. The minimum atomic E-state index is -1.39. The predicted octanol–water partition coefficient (Wildman–Crippen LogP) is 2.76. The van der Waals surface area contributed by atoms with E-state index >= 15 is 0 Å². The maximum absolute atomic E-state index is 7.50. The SMILES string of the molecule is C=[C-]O[Si](CC)(CC)CC.[C-]#[O+].[C-]#[O+].[C-]#[O+].[C-]#[O+].[C-]#[O+].[Mn]. The molecule has 0 rings (SSSR count). The average molecular weight is 352 g/mol. The molecule has 0 saturated carbocycles. The van der Waals surface area contributed by atoms with E-state index in [1.54, 1.807) is 0 Å². The second-order valence-electron chi connectivity index (χ2n) is 2.49. The van der Waals surface area contributed by atoms with Gasteiger partial charge < -0.3 is 10.7 Å². The summed E-state index contributed by atoms with van der Waals surface area (Å²) in [5, 5.41) is 0. The summed E-state index contributed by atoms with van der Waals surface area (Å²) >= 11 is 0. The maximum atomic E-state index is 7.50. The fourth-order valence-electron chi connectivity index (χ4n) is 1.12. The van der Waals surface area contributed by atoms with Crippen LogP contribution >= 0.6 is 0 Å². The molecule has 0 N–H and O–H groups in total. The molecule has 0 heterocycles. The van der Waals surface area contributed by atoms with Crippen molar-refractivity contribution in [3.8, 4) is 0 Å². The average Bonchev–Trinajstić information content (AvgIpc) is 2.62. The molecule has 0 saturated heterocycles. The Morgan fingerprint density at radius 3 is 1.00 bits per heavy atom. The molecular formula is C13H17MnO6Si-. The van der Waals surface area contributed by atoms with Gasteiger partial charge in [0.15, 0.2) is 0 Å². The third-order valence-electron chi connectivity index (χ3n) is 2.22. The third-order valence-corrected chi connectivity index (χ3v) is 6.67. The first-order valence-corrected chi connectivity index (χ1v) is 7.49. The molecule has 21 heavy (non-hydrogen) atoms. The third kappa shape index (κ3) is 38.1. The van der Waals surface area contributed by atoms with Gasteiger partial charge in [-0.05, 0) is 18.1 Å². The Bertz CT molecular complexity index is 223. The molecule has 0 aromatic rings. The molecule has 0 aromatic heterocycles. The van der Waals surface area contributed by atoms with Gasteiger partial charge in [0, 0.05) is 17.1 Å². The monoisotopic (exact) mass is 352 g/mol. The molecule has 0 aliphatic heterocycles. The van der Waals surface area contributed by atoms with Crippen LogP contribution in [0.5, 0.6) is 0 Å². The van der Waals surface area contributed by atoms with E-state index in [1.165, 1.54) is 18.1 Å². The summed E-state index contributed by atoms with van der Waals surface area (Å²) in [6, 6.07) is 3.51. The van der Waals surface area contributed by atoms with Crippen LogP contribution in [-0.4, -0.2) is 8.32 Å². The summed E-state index contributed by atoms with van der Waals surface area (Å²) in [6.07, 6.45) is 2.57. The standard InChI is InChI=1S/C8H17OSi.5CO.Mn/c1-5-9-10(6-2,7-3)8-4;5*1-2;/h1,6-8H2,2-4H3;;;;;;/q-1;;;;;;. The summed E-state index contributed by atoms with van der Waals surface area (Å²) in [6.45, 7) is 32.5. The molecule has 117 valence electrons. The second kappa shape index (κ2) is 61.6. The largest absolute Gasteiger partial charge is 0 e. The van der Waals surface area contributed by atoms with E-state index < -0.39 is 8.32 Å². The minimum absolute atomic E-state index is 0. The van der Waals surface area contributed by atoms with Crippen molar-refractivity contribution in [2.45, 2.75) is 38.9 Å². The summed E-state index contributed by atoms with van der Waals surface area (Å²) in [5.41, 5.74) is 0. The van der Waals surface area contributed by atoms with Crippen molar-refractivity contribution >= 4 is 8.32 Å². The van der Waals surface area contributed by atoms with Gasteiger partial charge in [-0.25, -0.2) is 0 Å². The van der Waals surface area contributed by atoms with Gasteiger partial charge in [0.2, 0.25) is 8.32 Å². The topological polar surface area (TPSA) is 109 Å². The first kappa shape index (κ1) is 42.7. The zero-order valence-electron chi connectivity index (χ0n) is 12.2. The predicted molar refractivity (Wildman–Crippen MR) is 66.8 cm³/mol. The fourth-order valence-corrected chi connectivity index (χ4v) is 3.36. The van der Waals surface area contributed by atoms with Crippen LogP contribution in [0.1, 0.15) is 20.8 Å². The van der Waals surface area contributed by atoms with Crippen molar-refractivity contribution in [3.05, 3.63) is 46.1 Å². The summed E-state index contributed by atoms with van der Waals surface area (Å²) in [5.74, 6) is 0. The zero-order valence-corrected chi connectivity index (χ0v) is 14.3. The molecule has 0 amide bonds. The smallest absolute Gasteiger partial charge is 0 e. The van der Waals surface area contributed by atoms with Crippen molar-refractivity contribution < 1.29 is 44.8 Å². The fraction of sp³-hybridized carbons (Fsp3) is 0.462. The van der Waals surface area contributed by atoms with Crippen molar-refractivity contribution in [2.24, 2.45) is 0 Å². The first-order valence-electron chi connectivity index (χ1n) is 4.96. The molecule has 0 spiro atoms. The van der Waals surface area contributed by atoms with Crippen LogP contribution < -0.4 is 0 Å². The zero-order chi connectivity index (χ0) is 18.0. The first-order chi connectivity index (χ1) is 9.74. The van der Waals surface area contributed by atoms with E-state index in [2.05, 4.69) is 66.9 Å². The Balaban J connectivity index is -0.0000000303. The Hall–Kier alpha value is -1.02. The van der Waals surface area contributed by atoms with Gasteiger partial charge in [0.1, 0.15) is 0 Å². The molecule has 0 unspecified atom stereocenters. The van der Waals surface area contributed by atoms with Gasteiger partial charge in [0.05, 0.1) is 0 Å². The molecule has 0 fully saturated rings. The summed E-state index contributed by atoms with van der Waals surface area (Å²) < 4.78 is 43.0. The molecule has 0 aliphatic carbocycles. The molecule has 0 aliphatic rings. The van der Waals surface area contributed by atoms with Gasteiger partial charge in [-0.3, -0.25) is 6.58 Å². The van der Waals surface area contributed by atoms with Crippen molar-refractivity contribution in [1.29, 1.82) is 0 Å². The molecule has 1 radical (unpaired) electrons. The normalized spacial score (nSPS) is 5.76. The Kier molecular flexibility index (Phi) is 125. The summed E-state index contributed by atoms with van der Waals surface area (Å²) in [4.78, 5) is 0. The van der Waals surface area contributed by atoms with E-state index in [0.717, 1.165) is 0 Å². The molecule has 6 nitrogen and oxygen atoms in total. The second-order valence-corrected chi connectivity index (χ2v) is 7.18. The molecular weight excluding hydrogens is 335 g/mol. The number of rotatable bonds is 5. The van der Waals surface area contributed by atoms with Crippen LogP contribution in [0.15, 0.2) is 6.58 Å². The van der Waals surface area contributed by atoms with E-state index in [-0.39, 0.29) is 17.1 Å². The van der Waals surface area contributed by atoms with E-state index in [0.29, 0.717) is 0 Å². The van der Waals surface area contributed by atoms with Gasteiger partial charge in [-0.1, -0.05) is 20.8 Å². The van der Waals surface area contributed by atoms with Crippen LogP contribution in [0.25, 0.3) is 0 Å².